The fourth-order valence-electron chi connectivity index (χ4n) is 6.66. The van der Waals surface area contributed by atoms with Crippen LogP contribution in [0.25, 0.3) is 0 Å². The lowest BCUT2D eigenvalue weighted by Crippen LogP contribution is -2.54. The number of alkyl carbamates (subject to hydrolysis) is 1. The van der Waals surface area contributed by atoms with Crippen LogP contribution < -0.4 is 5.32 Å². The highest BCUT2D eigenvalue weighted by Gasteiger charge is 2.41. The summed E-state index contributed by atoms with van der Waals surface area (Å²) in [6.07, 6.45) is 3.06. The third kappa shape index (κ3) is 9.02. The molecule has 3 aromatic rings. The molecule has 0 aliphatic carbocycles. The van der Waals surface area contributed by atoms with E-state index in [0.717, 1.165) is 28.9 Å². The van der Waals surface area contributed by atoms with Crippen molar-refractivity contribution in [3.63, 3.8) is 0 Å². The average molecular weight is 743 g/mol. The predicted octanol–water partition coefficient (Wildman–Crippen LogP) is 3.03. The van der Waals surface area contributed by atoms with E-state index in [-0.39, 0.29) is 23.9 Å². The Hall–Kier alpha value is -5.84. The molecule has 286 valence electrons. The molecule has 5 rings (SSSR count). The molecule has 54 heavy (non-hydrogen) atoms. The van der Waals surface area contributed by atoms with Gasteiger partial charge in [-0.2, -0.15) is 0 Å². The fourth-order valence-corrected chi connectivity index (χ4v) is 6.66. The third-order valence-electron chi connectivity index (χ3n) is 9.82. The van der Waals surface area contributed by atoms with Crippen LogP contribution in [0.1, 0.15) is 85.8 Å². The number of carbonyl (C=O) groups excluding carboxylic acids is 3. The molecule has 2 saturated heterocycles. The summed E-state index contributed by atoms with van der Waals surface area (Å²) in [5.74, 6) is 13.0. The number of carbonyl (C=O) groups is 4. The highest BCUT2D eigenvalue weighted by atomic mass is 16.5. The summed E-state index contributed by atoms with van der Waals surface area (Å²) in [4.78, 5) is 70.5. The molecule has 4 N–H and O–H groups in total. The molecule has 4 heterocycles. The molecule has 1 aromatic carbocycles. The summed E-state index contributed by atoms with van der Waals surface area (Å²) in [7, 11) is 5.53. The molecular formula is C38H46N8O8. The number of benzene rings is 1. The number of amides is 4. The number of nitrogens with zero attached hydrogens (tertiary/aromatic N) is 5. The minimum Gasteiger partial charge on any atom is -0.465 e. The van der Waals surface area contributed by atoms with Crippen molar-refractivity contribution in [1.29, 1.82) is 0 Å². The number of aromatic amines is 2. The summed E-state index contributed by atoms with van der Waals surface area (Å²) < 4.78 is 15.4. The Morgan fingerprint density at radius 1 is 0.815 bits per heavy atom. The number of H-pyrrole nitrogens is 2. The Morgan fingerprint density at radius 3 is 1.74 bits per heavy atom. The average Bonchev–Trinajstić information content (AvgIpc) is 4.02. The summed E-state index contributed by atoms with van der Waals surface area (Å²) >= 11 is 0. The second-order valence-corrected chi connectivity index (χ2v) is 13.2. The Morgan fingerprint density at radius 2 is 1.30 bits per heavy atom. The van der Waals surface area contributed by atoms with Crippen LogP contribution in [0, 0.1) is 23.7 Å². The second kappa shape index (κ2) is 17.8. The summed E-state index contributed by atoms with van der Waals surface area (Å²) in [5.41, 5.74) is 2.71. The quantitative estimate of drug-likeness (QED) is 0.224. The van der Waals surface area contributed by atoms with Crippen molar-refractivity contribution < 1.29 is 38.5 Å². The van der Waals surface area contributed by atoms with E-state index in [1.54, 1.807) is 36.0 Å². The van der Waals surface area contributed by atoms with Crippen molar-refractivity contribution >= 4 is 24.0 Å². The number of rotatable bonds is 10. The zero-order valence-electron chi connectivity index (χ0n) is 31.2. The van der Waals surface area contributed by atoms with E-state index in [2.05, 4.69) is 48.9 Å². The van der Waals surface area contributed by atoms with Crippen LogP contribution in [0.15, 0.2) is 36.7 Å². The van der Waals surface area contributed by atoms with Crippen LogP contribution in [-0.2, 0) is 23.8 Å². The van der Waals surface area contributed by atoms with Gasteiger partial charge in [-0.1, -0.05) is 11.8 Å². The molecule has 1 unspecified atom stereocenters. The maximum atomic E-state index is 13.5. The largest absolute Gasteiger partial charge is 0.465 e. The first-order valence-electron chi connectivity index (χ1n) is 17.7. The Kier molecular flexibility index (Phi) is 13.0. The van der Waals surface area contributed by atoms with Gasteiger partial charge in [-0.15, -0.1) is 0 Å². The van der Waals surface area contributed by atoms with Crippen LogP contribution in [-0.4, -0.2) is 130 Å². The molecule has 16 heteroatoms. The predicted molar refractivity (Wildman–Crippen MR) is 195 cm³/mol. The van der Waals surface area contributed by atoms with Crippen LogP contribution in [0.3, 0.4) is 0 Å². The molecule has 0 saturated carbocycles. The summed E-state index contributed by atoms with van der Waals surface area (Å²) in [5, 5.41) is 12.1. The normalized spacial score (nSPS) is 18.7. The summed E-state index contributed by atoms with van der Waals surface area (Å²) in [6.45, 7) is 4.38. The van der Waals surface area contributed by atoms with Crippen molar-refractivity contribution in [2.45, 2.75) is 75.9 Å². The lowest BCUT2D eigenvalue weighted by atomic mass is 10.1. The molecule has 0 spiro atoms. The Bertz CT molecular complexity index is 1940. The number of ether oxygens (including phenoxy) is 3. The van der Waals surface area contributed by atoms with Crippen molar-refractivity contribution in [3.05, 3.63) is 70.8 Å². The van der Waals surface area contributed by atoms with Crippen LogP contribution >= 0.6 is 0 Å². The number of likely N-dealkylation sites (N-methyl/N-ethyl adjacent to an activating group) is 1. The van der Waals surface area contributed by atoms with Gasteiger partial charge in [0, 0.05) is 45.5 Å². The van der Waals surface area contributed by atoms with Gasteiger partial charge < -0.3 is 44.4 Å². The number of imidazole rings is 2. The number of methoxy groups -OCH3 is 3. The van der Waals surface area contributed by atoms with Gasteiger partial charge in [0.05, 0.1) is 43.8 Å². The second-order valence-electron chi connectivity index (χ2n) is 13.2. The first-order valence-corrected chi connectivity index (χ1v) is 17.7. The van der Waals surface area contributed by atoms with Gasteiger partial charge in [0.25, 0.3) is 0 Å². The maximum absolute atomic E-state index is 13.5. The molecular weight excluding hydrogens is 696 g/mol. The fraction of sp³-hybridized carbons (Fsp3) is 0.474. The van der Waals surface area contributed by atoms with Crippen molar-refractivity contribution in [2.24, 2.45) is 0 Å². The molecule has 6 atom stereocenters. The van der Waals surface area contributed by atoms with Crippen LogP contribution in [0.4, 0.5) is 9.59 Å². The highest BCUT2D eigenvalue weighted by Crippen LogP contribution is 2.33. The number of hydrogen-bond acceptors (Lipinski definition) is 9. The standard InChI is InChI=1S/C38H46N8O8/c1-23(52-4)31(43-37(49)54-6)35(47)45-19-7-9-29(45)33-39-21-27(41-33)17-15-25-11-13-26(14-12-25)16-18-28-22-40-34(42-28)30-10-8-20-46(30)36(48)32(24(2)53-5)44(3)38(50)51/h11-14,21-24,29-32H,7-10,19-20H2,1-6H3,(H,39,41)(H,40,42)(H,43,49)(H,50,51)/t23?,24-,29+,30+,31+,32+/m1/s1. The smallest absolute Gasteiger partial charge is 0.407 e. The molecule has 2 fully saturated rings. The molecule has 4 amide bonds. The van der Waals surface area contributed by atoms with E-state index < -0.39 is 36.5 Å². The molecule has 0 radical (unpaired) electrons. The van der Waals surface area contributed by atoms with Crippen molar-refractivity contribution in [1.82, 2.24) is 40.0 Å². The molecule has 16 nitrogen and oxygen atoms in total. The number of nitrogens with one attached hydrogen (secondary N) is 3. The Labute approximate surface area is 313 Å². The monoisotopic (exact) mass is 742 g/mol. The zero-order valence-corrected chi connectivity index (χ0v) is 31.2. The van der Waals surface area contributed by atoms with Gasteiger partial charge in [0.2, 0.25) is 11.8 Å². The van der Waals surface area contributed by atoms with Gasteiger partial charge in [0.1, 0.15) is 35.1 Å². The van der Waals surface area contributed by atoms with E-state index in [1.165, 1.54) is 28.4 Å². The number of hydrogen-bond donors (Lipinski definition) is 4. The van der Waals surface area contributed by atoms with E-state index in [9.17, 15) is 24.3 Å². The Balaban J connectivity index is 1.21. The van der Waals surface area contributed by atoms with E-state index >= 15 is 0 Å². The molecule has 2 aromatic heterocycles. The highest BCUT2D eigenvalue weighted by molar-refractivity contribution is 5.87. The van der Waals surface area contributed by atoms with Gasteiger partial charge in [-0.3, -0.25) is 14.5 Å². The number of carboxylic acid groups (broad SMARTS) is 1. The minimum atomic E-state index is -1.21. The molecule has 2 aliphatic heterocycles. The first-order chi connectivity index (χ1) is 25.9. The minimum absolute atomic E-state index is 0.279. The number of aromatic nitrogens is 4. The lowest BCUT2D eigenvalue weighted by molar-refractivity contribution is -0.141. The van der Waals surface area contributed by atoms with Crippen LogP contribution in [0.5, 0.6) is 0 Å². The molecule has 0 bridgehead atoms. The topological polar surface area (TPSA) is 195 Å². The van der Waals surface area contributed by atoms with E-state index in [1.807, 2.05) is 24.3 Å². The van der Waals surface area contributed by atoms with E-state index in [4.69, 9.17) is 14.2 Å². The maximum Gasteiger partial charge on any atom is 0.407 e. The van der Waals surface area contributed by atoms with Gasteiger partial charge in [0.15, 0.2) is 0 Å². The van der Waals surface area contributed by atoms with Crippen LogP contribution in [0.2, 0.25) is 0 Å². The first kappa shape index (κ1) is 39.4. The SMILES string of the molecule is COC(=O)N[C@H](C(=O)N1CCC[C@H]1c1ncc(C#Cc2ccc(C#Cc3cnc([C@@H]4CCCN4C(=O)[C@H]([C@@H](C)OC)N(C)C(=O)O)[nH]3)cc2)[nH]1)C(C)OC. The van der Waals surface area contributed by atoms with Gasteiger partial charge in [-0.05, 0) is 75.6 Å². The van der Waals surface area contributed by atoms with Crippen molar-refractivity contribution in [2.75, 3.05) is 41.5 Å². The molecule has 2 aliphatic rings. The lowest BCUT2D eigenvalue weighted by Gasteiger charge is -2.34. The number of likely N-dealkylation sites (tertiary alicyclic amines) is 2. The van der Waals surface area contributed by atoms with Crippen molar-refractivity contribution in [3.8, 4) is 23.7 Å². The van der Waals surface area contributed by atoms with Gasteiger partial charge in [-0.25, -0.2) is 19.6 Å². The third-order valence-corrected chi connectivity index (χ3v) is 9.82. The van der Waals surface area contributed by atoms with Gasteiger partial charge >= 0.3 is 12.2 Å². The summed E-state index contributed by atoms with van der Waals surface area (Å²) in [6, 6.07) is 4.91. The zero-order chi connectivity index (χ0) is 38.9. The van der Waals surface area contributed by atoms with E-state index in [0.29, 0.717) is 49.0 Å².